The number of nitrogens with one attached hydrogen (secondary N) is 1. The number of piperazine rings is 1. The van der Waals surface area contributed by atoms with Crippen molar-refractivity contribution < 1.29 is 4.79 Å². The van der Waals surface area contributed by atoms with Gasteiger partial charge in [0.15, 0.2) is 11.6 Å². The maximum Gasteiger partial charge on any atom is 0.223 e. The first-order chi connectivity index (χ1) is 15.2. The summed E-state index contributed by atoms with van der Waals surface area (Å²) in [5, 5.41) is 12.2. The molecule has 3 heterocycles. The molecule has 0 unspecified atom stereocenters. The van der Waals surface area contributed by atoms with Crippen LogP contribution < -0.4 is 15.1 Å². The molecule has 1 aromatic rings. The average molecular weight is 427 g/mol. The number of amides is 1. The standard InChI is InChI=1S/C24H38N6O/c1-2-28-16-18-30(19-17-28)23-9-8-22(26-27-23)29-14-11-21(12-15-29)24(31)25-13-10-20-6-4-3-5-7-20/h6,8-9,21H,2-5,7,10-19H2,1H3,(H,25,31). The second-order valence-corrected chi connectivity index (χ2v) is 9.08. The van der Waals surface area contributed by atoms with Gasteiger partial charge in [0.2, 0.25) is 5.91 Å². The van der Waals surface area contributed by atoms with Gasteiger partial charge in [-0.25, -0.2) is 0 Å². The molecule has 0 atom stereocenters. The van der Waals surface area contributed by atoms with E-state index >= 15 is 0 Å². The lowest BCUT2D eigenvalue weighted by Gasteiger charge is -2.35. The number of anilines is 2. The molecule has 2 fully saturated rings. The van der Waals surface area contributed by atoms with Crippen molar-refractivity contribution in [3.05, 3.63) is 23.8 Å². The smallest absolute Gasteiger partial charge is 0.223 e. The Morgan fingerprint density at radius 2 is 1.68 bits per heavy atom. The zero-order valence-corrected chi connectivity index (χ0v) is 19.1. The van der Waals surface area contributed by atoms with Gasteiger partial charge in [-0.1, -0.05) is 18.6 Å². The maximum atomic E-state index is 12.6. The van der Waals surface area contributed by atoms with Crippen LogP contribution in [0, 0.1) is 5.92 Å². The highest BCUT2D eigenvalue weighted by atomic mass is 16.1. The van der Waals surface area contributed by atoms with Gasteiger partial charge < -0.3 is 20.0 Å². The van der Waals surface area contributed by atoms with Crippen molar-refractivity contribution in [3.63, 3.8) is 0 Å². The molecular weight excluding hydrogens is 388 g/mol. The monoisotopic (exact) mass is 426 g/mol. The third-order valence-corrected chi connectivity index (χ3v) is 7.10. The van der Waals surface area contributed by atoms with Crippen molar-refractivity contribution in [2.75, 3.05) is 62.2 Å². The van der Waals surface area contributed by atoms with Gasteiger partial charge in [0, 0.05) is 51.7 Å². The first kappa shape index (κ1) is 22.1. The molecule has 0 bridgehead atoms. The Labute approximate surface area is 186 Å². The minimum absolute atomic E-state index is 0.124. The van der Waals surface area contributed by atoms with Crippen LogP contribution in [0.25, 0.3) is 0 Å². The quantitative estimate of drug-likeness (QED) is 0.677. The van der Waals surface area contributed by atoms with Crippen molar-refractivity contribution in [2.45, 2.75) is 51.9 Å². The summed E-state index contributed by atoms with van der Waals surface area (Å²) in [5.74, 6) is 2.25. The zero-order chi connectivity index (χ0) is 21.5. The van der Waals surface area contributed by atoms with Crippen LogP contribution in [0.2, 0.25) is 0 Å². The number of aromatic nitrogens is 2. The Balaban J connectivity index is 1.19. The molecule has 3 aliphatic rings. The van der Waals surface area contributed by atoms with Gasteiger partial charge in [-0.15, -0.1) is 10.2 Å². The Morgan fingerprint density at radius 3 is 2.26 bits per heavy atom. The third kappa shape index (κ3) is 5.97. The molecule has 4 rings (SSSR count). The highest BCUT2D eigenvalue weighted by Gasteiger charge is 2.26. The molecule has 1 N–H and O–H groups in total. The Hall–Kier alpha value is -2.15. The number of rotatable bonds is 7. The SMILES string of the molecule is CCN1CCN(c2ccc(N3CCC(C(=O)NCCC4=CCCCC4)CC3)nn2)CC1. The van der Waals surface area contributed by atoms with E-state index in [2.05, 4.69) is 55.3 Å². The van der Waals surface area contributed by atoms with Crippen LogP contribution in [-0.2, 0) is 4.79 Å². The molecule has 2 saturated heterocycles. The van der Waals surface area contributed by atoms with Crippen LogP contribution in [0.4, 0.5) is 11.6 Å². The van der Waals surface area contributed by atoms with E-state index in [0.29, 0.717) is 0 Å². The summed E-state index contributed by atoms with van der Waals surface area (Å²) >= 11 is 0. The van der Waals surface area contributed by atoms with Gasteiger partial charge in [-0.05, 0) is 63.6 Å². The number of nitrogens with zero attached hydrogens (tertiary/aromatic N) is 5. The second-order valence-electron chi connectivity index (χ2n) is 9.08. The Kier molecular flexibility index (Phi) is 7.78. The van der Waals surface area contributed by atoms with E-state index in [4.69, 9.17) is 0 Å². The van der Waals surface area contributed by atoms with Gasteiger partial charge in [0.05, 0.1) is 0 Å². The maximum absolute atomic E-state index is 12.6. The van der Waals surface area contributed by atoms with Crippen molar-refractivity contribution in [3.8, 4) is 0 Å². The van der Waals surface area contributed by atoms with Gasteiger partial charge in [-0.2, -0.15) is 0 Å². The molecule has 0 aromatic carbocycles. The summed E-state index contributed by atoms with van der Waals surface area (Å²) in [7, 11) is 0. The first-order valence-corrected chi connectivity index (χ1v) is 12.2. The van der Waals surface area contributed by atoms with E-state index in [1.807, 2.05) is 0 Å². The number of likely N-dealkylation sites (N-methyl/N-ethyl adjacent to an activating group) is 1. The summed E-state index contributed by atoms with van der Waals surface area (Å²) in [6, 6.07) is 4.19. The van der Waals surface area contributed by atoms with Crippen LogP contribution in [-0.4, -0.2) is 73.4 Å². The Bertz CT molecular complexity index is 733. The van der Waals surface area contributed by atoms with Gasteiger partial charge in [0.1, 0.15) is 0 Å². The summed E-state index contributed by atoms with van der Waals surface area (Å²) in [6.45, 7) is 10.1. The Morgan fingerprint density at radius 1 is 1.00 bits per heavy atom. The molecule has 31 heavy (non-hydrogen) atoms. The van der Waals surface area contributed by atoms with Gasteiger partial charge >= 0.3 is 0 Å². The number of piperidine rings is 1. The molecular formula is C24H38N6O. The minimum Gasteiger partial charge on any atom is -0.356 e. The zero-order valence-electron chi connectivity index (χ0n) is 19.1. The molecule has 170 valence electrons. The normalized spacial score (nSPS) is 21.1. The van der Waals surface area contributed by atoms with E-state index in [1.54, 1.807) is 0 Å². The molecule has 0 saturated carbocycles. The lowest BCUT2D eigenvalue weighted by Crippen LogP contribution is -2.46. The predicted molar refractivity (Wildman–Crippen MR) is 125 cm³/mol. The van der Waals surface area contributed by atoms with Crippen LogP contribution in [0.15, 0.2) is 23.8 Å². The van der Waals surface area contributed by atoms with E-state index in [1.165, 1.54) is 31.3 Å². The molecule has 1 aromatic heterocycles. The summed E-state index contributed by atoms with van der Waals surface area (Å²) in [6.07, 6.45) is 10.2. The van der Waals surface area contributed by atoms with Gasteiger partial charge in [0.25, 0.3) is 0 Å². The number of carbonyl (C=O) groups excluding carboxylic acids is 1. The van der Waals surface area contributed by atoms with Crippen molar-refractivity contribution >= 4 is 17.5 Å². The fourth-order valence-electron chi connectivity index (χ4n) is 4.94. The van der Waals surface area contributed by atoms with E-state index in [-0.39, 0.29) is 11.8 Å². The molecule has 7 heteroatoms. The van der Waals surface area contributed by atoms with Crippen LogP contribution in [0.1, 0.15) is 51.9 Å². The molecule has 1 amide bonds. The summed E-state index contributed by atoms with van der Waals surface area (Å²) in [4.78, 5) is 19.6. The fourth-order valence-corrected chi connectivity index (χ4v) is 4.94. The van der Waals surface area contributed by atoms with Crippen molar-refractivity contribution in [2.24, 2.45) is 5.92 Å². The minimum atomic E-state index is 0.124. The van der Waals surface area contributed by atoms with Crippen LogP contribution in [0.5, 0.6) is 0 Å². The van der Waals surface area contributed by atoms with Crippen LogP contribution >= 0.6 is 0 Å². The number of allylic oxidation sites excluding steroid dienone is 1. The highest BCUT2D eigenvalue weighted by Crippen LogP contribution is 2.24. The number of hydrogen-bond donors (Lipinski definition) is 1. The largest absolute Gasteiger partial charge is 0.356 e. The average Bonchev–Trinajstić information content (AvgIpc) is 2.85. The highest BCUT2D eigenvalue weighted by molar-refractivity contribution is 5.79. The number of hydrogen-bond acceptors (Lipinski definition) is 6. The van der Waals surface area contributed by atoms with Crippen LogP contribution in [0.3, 0.4) is 0 Å². The van der Waals surface area contributed by atoms with Crippen molar-refractivity contribution in [1.29, 1.82) is 0 Å². The summed E-state index contributed by atoms with van der Waals surface area (Å²) in [5.41, 5.74) is 1.52. The van der Waals surface area contributed by atoms with Crippen molar-refractivity contribution in [1.82, 2.24) is 20.4 Å². The molecule has 2 aliphatic heterocycles. The van der Waals surface area contributed by atoms with E-state index < -0.39 is 0 Å². The third-order valence-electron chi connectivity index (χ3n) is 7.10. The molecule has 0 radical (unpaired) electrons. The molecule has 7 nitrogen and oxygen atoms in total. The van der Waals surface area contributed by atoms with E-state index in [0.717, 1.165) is 83.3 Å². The molecule has 0 spiro atoms. The summed E-state index contributed by atoms with van der Waals surface area (Å²) < 4.78 is 0. The lowest BCUT2D eigenvalue weighted by atomic mass is 9.95. The second kappa shape index (κ2) is 10.9. The lowest BCUT2D eigenvalue weighted by molar-refractivity contribution is -0.125. The van der Waals surface area contributed by atoms with E-state index in [9.17, 15) is 4.79 Å². The van der Waals surface area contributed by atoms with Gasteiger partial charge in [-0.3, -0.25) is 4.79 Å². The fraction of sp³-hybridized carbons (Fsp3) is 0.708. The topological polar surface area (TPSA) is 64.6 Å². The number of carbonyl (C=O) groups is 1. The first-order valence-electron chi connectivity index (χ1n) is 12.2. The predicted octanol–water partition coefficient (Wildman–Crippen LogP) is 2.84. The molecule has 1 aliphatic carbocycles.